The molecule has 176 valence electrons. The van der Waals surface area contributed by atoms with E-state index in [1.54, 1.807) is 19.2 Å². The number of aromatic amines is 1. The third-order valence-electron chi connectivity index (χ3n) is 6.37. The number of nitrogens with one attached hydrogen (secondary N) is 1. The molecule has 0 atom stereocenters. The van der Waals surface area contributed by atoms with Crippen molar-refractivity contribution < 1.29 is 4.39 Å². The van der Waals surface area contributed by atoms with E-state index in [2.05, 4.69) is 69.9 Å². The Bertz CT molecular complexity index is 1500. The molecule has 3 aromatic heterocycles. The van der Waals surface area contributed by atoms with Gasteiger partial charge in [-0.2, -0.15) is 4.80 Å². The normalized spacial score (nSPS) is 14.5. The third kappa shape index (κ3) is 4.21. The van der Waals surface area contributed by atoms with Crippen LogP contribution in [0.1, 0.15) is 17.8 Å². The maximum atomic E-state index is 13.6. The summed E-state index contributed by atoms with van der Waals surface area (Å²) < 4.78 is 15.7. The fourth-order valence-corrected chi connectivity index (χ4v) is 4.55. The van der Waals surface area contributed by atoms with Crippen LogP contribution in [0.15, 0.2) is 54.7 Å². The van der Waals surface area contributed by atoms with Crippen LogP contribution in [0.5, 0.6) is 0 Å². The van der Waals surface area contributed by atoms with Gasteiger partial charge >= 0.3 is 0 Å². The van der Waals surface area contributed by atoms with E-state index in [-0.39, 0.29) is 5.82 Å². The molecule has 6 rings (SSSR count). The molecule has 0 bridgehead atoms. The Morgan fingerprint density at radius 3 is 2.69 bits per heavy atom. The molecule has 0 saturated heterocycles. The molecule has 0 amide bonds. The van der Waals surface area contributed by atoms with Crippen LogP contribution in [-0.4, -0.2) is 69.9 Å². The van der Waals surface area contributed by atoms with Crippen molar-refractivity contribution in [3.63, 3.8) is 0 Å². The summed E-state index contributed by atoms with van der Waals surface area (Å²) in [5.41, 5.74) is 5.31. The van der Waals surface area contributed by atoms with Gasteiger partial charge in [0.05, 0.1) is 12.6 Å². The summed E-state index contributed by atoms with van der Waals surface area (Å²) in [6.45, 7) is 2.69. The van der Waals surface area contributed by atoms with Crippen molar-refractivity contribution in [2.75, 3.05) is 19.6 Å². The van der Waals surface area contributed by atoms with Gasteiger partial charge in [0.2, 0.25) is 5.82 Å². The zero-order valence-corrected chi connectivity index (χ0v) is 19.1. The predicted molar refractivity (Wildman–Crippen MR) is 128 cm³/mol. The molecule has 2 aromatic carbocycles. The number of hydrogen-bond acceptors (Lipinski definition) is 7. The van der Waals surface area contributed by atoms with Crippen LogP contribution in [0.3, 0.4) is 0 Å². The van der Waals surface area contributed by atoms with E-state index in [1.807, 2.05) is 6.07 Å². The first-order valence-corrected chi connectivity index (χ1v) is 11.4. The summed E-state index contributed by atoms with van der Waals surface area (Å²) in [6.07, 6.45) is 6.14. The number of H-pyrrole nitrogens is 1. The second-order valence-corrected chi connectivity index (χ2v) is 8.60. The number of halogens is 1. The molecule has 35 heavy (non-hydrogen) atoms. The van der Waals surface area contributed by atoms with Gasteiger partial charge in [0.1, 0.15) is 11.6 Å². The molecule has 0 saturated carbocycles. The van der Waals surface area contributed by atoms with Crippen molar-refractivity contribution in [3.8, 4) is 17.1 Å². The molecule has 4 heterocycles. The molecule has 0 aliphatic carbocycles. The Morgan fingerprint density at radius 2 is 1.97 bits per heavy atom. The fourth-order valence-electron chi connectivity index (χ4n) is 4.55. The maximum absolute atomic E-state index is 13.6. The number of aryl methyl sites for hydroxylation is 1. The van der Waals surface area contributed by atoms with Gasteiger partial charge in [0.25, 0.3) is 0 Å². The first-order chi connectivity index (χ1) is 17.1. The van der Waals surface area contributed by atoms with Gasteiger partial charge in [-0.25, -0.2) is 9.49 Å². The summed E-state index contributed by atoms with van der Waals surface area (Å²) in [4.78, 5) is 3.84. The highest BCUT2D eigenvalue weighted by Crippen LogP contribution is 2.35. The highest BCUT2D eigenvalue weighted by Gasteiger charge is 2.19. The summed E-state index contributed by atoms with van der Waals surface area (Å²) in [5.74, 6) is 1.13. The highest BCUT2D eigenvalue weighted by molar-refractivity contribution is 5.96. The van der Waals surface area contributed by atoms with E-state index >= 15 is 0 Å². The van der Waals surface area contributed by atoms with Gasteiger partial charge in [0, 0.05) is 54.5 Å². The minimum Gasteiger partial charge on any atom is -0.316 e. The smallest absolute Gasteiger partial charge is 0.204 e. The Kier molecular flexibility index (Phi) is 5.38. The molecular weight excluding hydrogens is 447 g/mol. The number of nitrogens with zero attached hydrogens (tertiary/aromatic N) is 9. The first kappa shape index (κ1) is 21.3. The van der Waals surface area contributed by atoms with E-state index in [1.165, 1.54) is 22.5 Å². The fraction of sp³-hybridized carbons (Fsp3) is 0.250. The predicted octanol–water partition coefficient (Wildman–Crippen LogP) is 2.81. The Balaban J connectivity index is 1.36. The lowest BCUT2D eigenvalue weighted by Gasteiger charge is -2.25. The number of fused-ring (bicyclic) bond motifs is 1. The molecule has 0 spiro atoms. The van der Waals surface area contributed by atoms with Crippen LogP contribution < -0.4 is 0 Å². The lowest BCUT2D eigenvalue weighted by molar-refractivity contribution is 0.303. The van der Waals surface area contributed by atoms with E-state index in [0.29, 0.717) is 5.82 Å². The van der Waals surface area contributed by atoms with Crippen molar-refractivity contribution in [2.24, 2.45) is 7.05 Å². The van der Waals surface area contributed by atoms with Crippen LogP contribution in [0, 0.1) is 5.82 Å². The number of benzene rings is 2. The molecule has 11 heteroatoms. The molecule has 0 fully saturated rings. The van der Waals surface area contributed by atoms with Crippen LogP contribution in [0.4, 0.5) is 4.39 Å². The van der Waals surface area contributed by atoms with E-state index in [0.717, 1.165) is 66.0 Å². The number of rotatable bonds is 6. The SMILES string of the molecule is Cn1nnc(-c2ccc3c(c2)c(C2=CCN(CCc4nnn[nH]4)CC2)cn3-c2ccc(F)cc2)n1. The minimum atomic E-state index is -0.252. The number of hydrogen-bond donors (Lipinski definition) is 1. The number of tetrazole rings is 2. The van der Waals surface area contributed by atoms with Crippen molar-refractivity contribution in [1.82, 2.24) is 50.3 Å². The van der Waals surface area contributed by atoms with Crippen LogP contribution in [0.25, 0.3) is 33.6 Å². The standard InChI is InChI=1S/C24H23FN10/c1-33-29-24(28-32-33)17-2-7-22-20(14-17)21(15-35(22)19-5-3-18(25)4-6-19)16-8-11-34(12-9-16)13-10-23-26-30-31-27-23/h2-8,14-15H,9-13H2,1H3,(H,26,27,30,31). The van der Waals surface area contributed by atoms with Crippen LogP contribution in [-0.2, 0) is 13.5 Å². The van der Waals surface area contributed by atoms with Gasteiger partial charge in [0.15, 0.2) is 0 Å². The van der Waals surface area contributed by atoms with Crippen molar-refractivity contribution in [1.29, 1.82) is 0 Å². The van der Waals surface area contributed by atoms with Gasteiger partial charge < -0.3 is 4.57 Å². The Morgan fingerprint density at radius 1 is 1.09 bits per heavy atom. The molecule has 0 radical (unpaired) electrons. The molecular formula is C24H23FN10. The molecule has 5 aromatic rings. The Hall–Kier alpha value is -4.25. The quantitative estimate of drug-likeness (QED) is 0.407. The average Bonchev–Trinajstić information content (AvgIpc) is 3.64. The van der Waals surface area contributed by atoms with E-state index in [9.17, 15) is 4.39 Å². The lowest BCUT2D eigenvalue weighted by atomic mass is 9.98. The third-order valence-corrected chi connectivity index (χ3v) is 6.37. The average molecular weight is 471 g/mol. The van der Waals surface area contributed by atoms with Crippen LogP contribution >= 0.6 is 0 Å². The molecule has 10 nitrogen and oxygen atoms in total. The zero-order chi connectivity index (χ0) is 23.8. The summed E-state index contributed by atoms with van der Waals surface area (Å²) in [6, 6.07) is 12.7. The van der Waals surface area contributed by atoms with Crippen LogP contribution in [0.2, 0.25) is 0 Å². The number of aromatic nitrogens is 9. The van der Waals surface area contributed by atoms with E-state index < -0.39 is 0 Å². The van der Waals surface area contributed by atoms with E-state index in [4.69, 9.17) is 0 Å². The van der Waals surface area contributed by atoms with Crippen molar-refractivity contribution >= 4 is 16.5 Å². The lowest BCUT2D eigenvalue weighted by Crippen LogP contribution is -2.30. The monoisotopic (exact) mass is 470 g/mol. The zero-order valence-electron chi connectivity index (χ0n) is 19.1. The van der Waals surface area contributed by atoms with Crippen molar-refractivity contribution in [2.45, 2.75) is 12.8 Å². The largest absolute Gasteiger partial charge is 0.316 e. The van der Waals surface area contributed by atoms with Gasteiger partial charge in [-0.1, -0.05) is 6.08 Å². The maximum Gasteiger partial charge on any atom is 0.204 e. The minimum absolute atomic E-state index is 0.252. The van der Waals surface area contributed by atoms with Gasteiger partial charge in [-0.15, -0.1) is 15.3 Å². The first-order valence-electron chi connectivity index (χ1n) is 11.4. The molecule has 0 unspecified atom stereocenters. The van der Waals surface area contributed by atoms with Crippen molar-refractivity contribution in [3.05, 3.63) is 71.9 Å². The second-order valence-electron chi connectivity index (χ2n) is 8.60. The molecule has 1 aliphatic heterocycles. The molecule has 1 aliphatic rings. The highest BCUT2D eigenvalue weighted by atomic mass is 19.1. The summed E-state index contributed by atoms with van der Waals surface area (Å²) in [7, 11) is 1.75. The topological polar surface area (TPSA) is 106 Å². The van der Waals surface area contributed by atoms with Gasteiger partial charge in [-0.05, 0) is 70.1 Å². The Labute approximate surface area is 200 Å². The second kappa shape index (κ2) is 8.84. The summed E-state index contributed by atoms with van der Waals surface area (Å²) >= 11 is 0. The van der Waals surface area contributed by atoms with Gasteiger partial charge in [-0.3, -0.25) is 4.90 Å². The summed E-state index contributed by atoms with van der Waals surface area (Å²) in [5, 5.41) is 27.7. The molecule has 1 N–H and O–H groups in total.